The Morgan fingerprint density at radius 2 is 1.70 bits per heavy atom. The molecule has 11 heteroatoms. The number of allylic oxidation sites excluding steroid dienone is 1. The Morgan fingerprint density at radius 3 is 2.30 bits per heavy atom. The number of nitrogens with one attached hydrogen (secondary N) is 3. The summed E-state index contributed by atoms with van der Waals surface area (Å²) in [6.45, 7) is 7.64. The monoisotopic (exact) mass is 635 g/mol. The van der Waals surface area contributed by atoms with E-state index in [1.165, 1.54) is 24.0 Å². The van der Waals surface area contributed by atoms with Gasteiger partial charge in [0.15, 0.2) is 0 Å². The Balaban J connectivity index is 2.06. The summed E-state index contributed by atoms with van der Waals surface area (Å²) in [5, 5.41) is 27.7. The lowest BCUT2D eigenvalue weighted by Gasteiger charge is -2.25. The summed E-state index contributed by atoms with van der Waals surface area (Å²) < 4.78 is 13.5. The highest BCUT2D eigenvalue weighted by Crippen LogP contribution is 2.10. The first-order chi connectivity index (χ1) is 21.8. The maximum atomic E-state index is 13.5. The normalized spacial score (nSPS) is 13.2. The molecule has 0 bridgehead atoms. The van der Waals surface area contributed by atoms with Crippen molar-refractivity contribution in [2.75, 3.05) is 13.6 Å². The fraction of sp³-hybridized carbons (Fsp3) is 0.457. The Morgan fingerprint density at radius 1 is 1.00 bits per heavy atom. The molecule has 0 aliphatic heterocycles. The number of benzene rings is 2. The summed E-state index contributed by atoms with van der Waals surface area (Å²) in [5.74, 6) is -2.44. The van der Waals surface area contributed by atoms with Crippen LogP contribution in [-0.4, -0.2) is 65.4 Å². The van der Waals surface area contributed by atoms with Crippen LogP contribution in [0.25, 0.3) is 0 Å². The number of likely N-dealkylation sites (N-methyl/N-ethyl adjacent to an activating group) is 1. The van der Waals surface area contributed by atoms with Gasteiger partial charge in [-0.3, -0.25) is 19.2 Å². The number of amides is 4. The van der Waals surface area contributed by atoms with Gasteiger partial charge in [0.1, 0.15) is 29.5 Å². The molecule has 0 saturated carbocycles. The van der Waals surface area contributed by atoms with E-state index in [1.807, 2.05) is 51.1 Å². The molecule has 248 valence electrons. The van der Waals surface area contributed by atoms with Crippen LogP contribution in [-0.2, 0) is 32.1 Å². The van der Waals surface area contributed by atoms with Crippen molar-refractivity contribution in [2.45, 2.75) is 84.5 Å². The first-order valence-corrected chi connectivity index (χ1v) is 15.5. The van der Waals surface area contributed by atoms with E-state index < -0.39 is 41.7 Å². The van der Waals surface area contributed by atoms with Crippen LogP contribution in [0.5, 0.6) is 0 Å². The van der Waals surface area contributed by atoms with Crippen LogP contribution in [0, 0.1) is 30.0 Å². The molecule has 1 unspecified atom stereocenters. The van der Waals surface area contributed by atoms with E-state index in [4.69, 9.17) is 0 Å². The molecule has 2 aromatic carbocycles. The van der Waals surface area contributed by atoms with Gasteiger partial charge in [-0.1, -0.05) is 61.9 Å². The first-order valence-electron chi connectivity index (χ1n) is 15.5. The largest absolute Gasteiger partial charge is 0.391 e. The third kappa shape index (κ3) is 13.2. The highest BCUT2D eigenvalue weighted by Gasteiger charge is 2.29. The van der Waals surface area contributed by atoms with Gasteiger partial charge >= 0.3 is 0 Å². The van der Waals surface area contributed by atoms with Crippen molar-refractivity contribution in [1.82, 2.24) is 20.9 Å². The van der Waals surface area contributed by atoms with Crippen molar-refractivity contribution < 1.29 is 28.7 Å². The molecule has 0 saturated heterocycles. The number of hydrogen-bond donors (Lipinski definition) is 4. The minimum atomic E-state index is -1.33. The fourth-order valence-corrected chi connectivity index (χ4v) is 4.64. The number of carbonyl (C=O) groups excluding carboxylic acids is 4. The van der Waals surface area contributed by atoms with Gasteiger partial charge < -0.3 is 26.0 Å². The number of nitrogens with zero attached hydrogens (tertiary/aromatic N) is 2. The molecule has 46 heavy (non-hydrogen) atoms. The molecule has 2 rings (SSSR count). The van der Waals surface area contributed by atoms with Gasteiger partial charge in [-0.05, 0) is 68.7 Å². The number of halogens is 1. The third-order valence-corrected chi connectivity index (χ3v) is 7.27. The number of aliphatic hydroxyl groups excluding tert-OH is 1. The van der Waals surface area contributed by atoms with Crippen LogP contribution >= 0.6 is 0 Å². The summed E-state index contributed by atoms with van der Waals surface area (Å²) in [6.07, 6.45) is 1.73. The SMILES string of the molecule is Cc1ccc(CNC(=O)C(CCCCN(C)C(=O)C(C#N)=CC(C)C)NC(=O)[C@@H](NC(=O)CCc2cccc(F)c2)[C@@H](C)O)cc1. The molecular formula is C35H46FN5O5. The van der Waals surface area contributed by atoms with Crippen molar-refractivity contribution in [3.63, 3.8) is 0 Å². The van der Waals surface area contributed by atoms with E-state index in [2.05, 4.69) is 16.0 Å². The smallest absolute Gasteiger partial charge is 0.263 e. The molecule has 0 aliphatic carbocycles. The lowest BCUT2D eigenvalue weighted by atomic mass is 10.1. The quantitative estimate of drug-likeness (QED) is 0.119. The van der Waals surface area contributed by atoms with Crippen LogP contribution in [0.4, 0.5) is 4.39 Å². The average Bonchev–Trinajstić information content (AvgIpc) is 3.01. The lowest BCUT2D eigenvalue weighted by molar-refractivity contribution is -0.134. The van der Waals surface area contributed by atoms with Gasteiger partial charge in [-0.2, -0.15) is 5.26 Å². The molecule has 2 aromatic rings. The zero-order valence-electron chi connectivity index (χ0n) is 27.3. The van der Waals surface area contributed by atoms with Crippen LogP contribution in [0.1, 0.15) is 63.1 Å². The molecule has 3 atom stereocenters. The van der Waals surface area contributed by atoms with Gasteiger partial charge in [-0.15, -0.1) is 0 Å². The van der Waals surface area contributed by atoms with Crippen LogP contribution in [0.15, 0.2) is 60.2 Å². The maximum absolute atomic E-state index is 13.5. The number of nitriles is 1. The Kier molecular flexibility index (Phi) is 15.6. The van der Waals surface area contributed by atoms with Crippen LogP contribution in [0.2, 0.25) is 0 Å². The number of aliphatic hydroxyl groups is 1. The summed E-state index contributed by atoms with van der Waals surface area (Å²) in [7, 11) is 1.60. The second-order valence-electron chi connectivity index (χ2n) is 11.8. The van der Waals surface area contributed by atoms with E-state index in [9.17, 15) is 33.9 Å². The van der Waals surface area contributed by atoms with Gasteiger partial charge in [0.2, 0.25) is 17.7 Å². The minimum Gasteiger partial charge on any atom is -0.391 e. The lowest BCUT2D eigenvalue weighted by Crippen LogP contribution is -2.57. The molecule has 4 N–H and O–H groups in total. The molecule has 10 nitrogen and oxygen atoms in total. The van der Waals surface area contributed by atoms with Crippen LogP contribution in [0.3, 0.4) is 0 Å². The van der Waals surface area contributed by atoms with Crippen molar-refractivity contribution in [3.8, 4) is 6.07 Å². The van der Waals surface area contributed by atoms with Gasteiger partial charge in [0, 0.05) is 26.6 Å². The molecule has 0 spiro atoms. The molecule has 4 amide bonds. The number of unbranched alkanes of at least 4 members (excludes halogenated alkanes) is 1. The van der Waals surface area contributed by atoms with Gasteiger partial charge in [0.05, 0.1) is 6.10 Å². The predicted octanol–water partition coefficient (Wildman–Crippen LogP) is 3.47. The third-order valence-electron chi connectivity index (χ3n) is 7.27. The van der Waals surface area contributed by atoms with Crippen LogP contribution < -0.4 is 16.0 Å². The molecular weight excluding hydrogens is 589 g/mol. The van der Waals surface area contributed by atoms with E-state index in [0.29, 0.717) is 24.9 Å². The second kappa shape index (κ2) is 19.1. The Bertz CT molecular complexity index is 1400. The number of aryl methyl sites for hydroxylation is 2. The topological polar surface area (TPSA) is 152 Å². The van der Waals surface area contributed by atoms with Gasteiger partial charge in [-0.25, -0.2) is 4.39 Å². The Labute approximate surface area is 271 Å². The number of carbonyl (C=O) groups is 4. The summed E-state index contributed by atoms with van der Waals surface area (Å²) >= 11 is 0. The standard InChI is InChI=1S/C35H46FN5O5/c1-23(2)19-28(21-37)35(46)41(5)18-7-6-11-30(33(44)38-22-27-14-12-24(3)13-15-27)39-34(45)32(25(4)42)40-31(43)17-16-26-9-8-10-29(36)20-26/h8-10,12-15,19-20,23,25,30,32,42H,6-7,11,16-18,22H2,1-5H3,(H,38,44)(H,39,45)(H,40,43)/t25-,30?,32+/m1/s1. The van der Waals surface area contributed by atoms with E-state index >= 15 is 0 Å². The average molecular weight is 636 g/mol. The zero-order chi connectivity index (χ0) is 34.2. The Hall–Kier alpha value is -4.56. The molecule has 0 radical (unpaired) electrons. The molecule has 0 aromatic heterocycles. The molecule has 0 heterocycles. The highest BCUT2D eigenvalue weighted by molar-refractivity contribution is 5.97. The number of rotatable bonds is 17. The van der Waals surface area contributed by atoms with E-state index in [-0.39, 0.29) is 43.2 Å². The predicted molar refractivity (Wildman–Crippen MR) is 173 cm³/mol. The van der Waals surface area contributed by atoms with Crippen molar-refractivity contribution in [1.29, 1.82) is 5.26 Å². The fourth-order valence-electron chi connectivity index (χ4n) is 4.64. The van der Waals surface area contributed by atoms with Crippen molar-refractivity contribution in [3.05, 3.63) is 82.7 Å². The maximum Gasteiger partial charge on any atom is 0.263 e. The summed E-state index contributed by atoms with van der Waals surface area (Å²) in [4.78, 5) is 53.3. The van der Waals surface area contributed by atoms with Gasteiger partial charge in [0.25, 0.3) is 5.91 Å². The first kappa shape index (κ1) is 37.6. The molecule has 0 aliphatic rings. The molecule has 0 fully saturated rings. The van der Waals surface area contributed by atoms with E-state index in [0.717, 1.165) is 11.1 Å². The zero-order valence-corrected chi connectivity index (χ0v) is 27.3. The van der Waals surface area contributed by atoms with Crippen molar-refractivity contribution in [2.24, 2.45) is 5.92 Å². The second-order valence-corrected chi connectivity index (χ2v) is 11.8. The number of hydrogen-bond acceptors (Lipinski definition) is 6. The van der Waals surface area contributed by atoms with Crippen molar-refractivity contribution >= 4 is 23.6 Å². The minimum absolute atomic E-state index is 0.0352. The highest BCUT2D eigenvalue weighted by atomic mass is 19.1. The summed E-state index contributed by atoms with van der Waals surface area (Å²) in [5.41, 5.74) is 2.64. The van der Waals surface area contributed by atoms with E-state index in [1.54, 1.807) is 25.3 Å². The summed E-state index contributed by atoms with van der Waals surface area (Å²) in [6, 6.07) is 13.1.